The van der Waals surface area contributed by atoms with Gasteiger partial charge in [-0.3, -0.25) is 0 Å². The van der Waals surface area contributed by atoms with E-state index in [0.717, 1.165) is 0 Å². The van der Waals surface area contributed by atoms with Gasteiger partial charge in [-0.25, -0.2) is 0 Å². The van der Waals surface area contributed by atoms with Gasteiger partial charge in [-0.1, -0.05) is 39.3 Å². The zero-order chi connectivity index (χ0) is 9.28. The topological polar surface area (TPSA) is 3.24 Å². The first-order chi connectivity index (χ1) is 4.69. The van der Waals surface area contributed by atoms with Crippen LogP contribution in [0.4, 0.5) is 0 Å². The lowest BCUT2D eigenvalue weighted by molar-refractivity contribution is 1.000. The predicted octanol–water partition coefficient (Wildman–Crippen LogP) is 3.01. The first-order valence-electron chi connectivity index (χ1n) is 3.87. The van der Waals surface area contributed by atoms with Crippen LogP contribution < -0.4 is 0 Å². The van der Waals surface area contributed by atoms with Gasteiger partial charge in [-0.05, 0) is 0 Å². The van der Waals surface area contributed by atoms with E-state index in [1.165, 1.54) is 0 Å². The smallest absolute Gasteiger partial charge is 0.177 e. The zero-order valence-corrected chi connectivity index (χ0v) is 12.2. The lowest BCUT2D eigenvalue weighted by Gasteiger charge is -2.32. The van der Waals surface area contributed by atoms with Crippen molar-refractivity contribution in [2.24, 2.45) is 0 Å². The number of nitrogens with zero attached hydrogens (tertiary/aromatic N) is 1. The molecule has 0 aliphatic heterocycles. The number of hydrogen-bond donors (Lipinski definition) is 0. The molecule has 0 bridgehead atoms. The molecule has 0 N–H and O–H groups in total. The third-order valence-electron chi connectivity index (χ3n) is 1.43. The highest BCUT2D eigenvalue weighted by molar-refractivity contribution is 7.96. The summed E-state index contributed by atoms with van der Waals surface area (Å²) in [7, 11) is -1.65. The molecule has 0 saturated carbocycles. The molecular weight excluding hydrogens is 205 g/mol. The van der Waals surface area contributed by atoms with Crippen molar-refractivity contribution >= 4 is 35.8 Å². The van der Waals surface area contributed by atoms with E-state index in [1.807, 2.05) is 0 Å². The molecule has 0 heterocycles. The largest absolute Gasteiger partial charge is 0.237 e. The van der Waals surface area contributed by atoms with Crippen LogP contribution in [-0.4, -0.2) is 20.5 Å². The van der Waals surface area contributed by atoms with E-state index in [1.54, 1.807) is 0 Å². The highest BCUT2D eigenvalue weighted by atomic mass is 32.4. The minimum absolute atomic E-state index is 0.592. The van der Waals surface area contributed by atoms with E-state index >= 15 is 0 Å². The lowest BCUT2D eigenvalue weighted by Crippen LogP contribution is -2.53. The molecule has 0 aliphatic carbocycles. The first kappa shape index (κ1) is 11.9. The van der Waals surface area contributed by atoms with Crippen molar-refractivity contribution in [3.63, 3.8) is 0 Å². The molecule has 0 aromatic rings. The van der Waals surface area contributed by atoms with Crippen molar-refractivity contribution < 1.29 is 0 Å². The van der Waals surface area contributed by atoms with Gasteiger partial charge in [-0.2, -0.15) is 4.00 Å². The van der Waals surface area contributed by atoms with E-state index in [0.29, 0.717) is 7.51 Å². The molecular formula is C6H19NPSSi2+. The fourth-order valence-corrected chi connectivity index (χ4v) is 16.5. The summed E-state index contributed by atoms with van der Waals surface area (Å²) in [6.45, 7) is 14.3. The van der Waals surface area contributed by atoms with E-state index in [9.17, 15) is 0 Å². The van der Waals surface area contributed by atoms with Crippen molar-refractivity contribution in [3.05, 3.63) is 0 Å². The van der Waals surface area contributed by atoms with Gasteiger partial charge in [0.15, 0.2) is 28.3 Å². The van der Waals surface area contributed by atoms with Gasteiger partial charge >= 0.3 is 0 Å². The molecule has 0 aromatic carbocycles. The van der Waals surface area contributed by atoms with Crippen LogP contribution in [0.1, 0.15) is 0 Å². The third kappa shape index (κ3) is 3.90. The summed E-state index contributed by atoms with van der Waals surface area (Å²) in [6.07, 6.45) is 0. The van der Waals surface area contributed by atoms with Crippen LogP contribution in [0.2, 0.25) is 39.3 Å². The van der Waals surface area contributed by atoms with Crippen LogP contribution >= 0.6 is 7.51 Å². The molecule has 0 rings (SSSR count). The summed E-state index contributed by atoms with van der Waals surface area (Å²) in [4.78, 5) is 0. The maximum absolute atomic E-state index is 5.19. The third-order valence-corrected chi connectivity index (χ3v) is 14.5. The first-order valence-corrected chi connectivity index (χ1v) is 12.8. The molecule has 1 atom stereocenters. The number of rotatable bonds is 3. The Labute approximate surface area is 79.3 Å². The molecule has 1 nitrogen and oxygen atoms in total. The fraction of sp³-hybridized carbons (Fsp3) is 1.00. The van der Waals surface area contributed by atoms with Crippen molar-refractivity contribution in [3.8, 4) is 0 Å². The minimum atomic E-state index is -1.12. The van der Waals surface area contributed by atoms with E-state index < -0.39 is 16.5 Å². The summed E-state index contributed by atoms with van der Waals surface area (Å²) in [5.41, 5.74) is 0. The SMILES string of the molecule is C[Si](C)(C)N([PH+]=S)[Si](C)(C)C. The molecule has 0 saturated heterocycles. The molecule has 0 radical (unpaired) electrons. The molecule has 1 unspecified atom stereocenters. The maximum atomic E-state index is 5.19. The molecule has 0 fully saturated rings. The average Bonchev–Trinajstić information content (AvgIpc) is 1.56. The van der Waals surface area contributed by atoms with Crippen molar-refractivity contribution in [2.75, 3.05) is 0 Å². The van der Waals surface area contributed by atoms with Gasteiger partial charge in [-0.15, -0.1) is 0 Å². The summed E-state index contributed by atoms with van der Waals surface area (Å²) < 4.78 is 2.62. The Morgan fingerprint density at radius 1 is 0.909 bits per heavy atom. The zero-order valence-electron chi connectivity index (χ0n) is 8.36. The summed E-state index contributed by atoms with van der Waals surface area (Å²) >= 11 is 5.19. The normalized spacial score (nSPS) is 14.5. The van der Waals surface area contributed by atoms with Crippen LogP contribution in [0.5, 0.6) is 0 Å². The summed E-state index contributed by atoms with van der Waals surface area (Å²) in [5, 5.41) is 0. The molecule has 0 amide bonds. The van der Waals surface area contributed by atoms with Crippen LogP contribution in [0, 0.1) is 0 Å². The monoisotopic (exact) mass is 224 g/mol. The lowest BCUT2D eigenvalue weighted by atomic mass is 11.8. The predicted molar refractivity (Wildman–Crippen MR) is 64.2 cm³/mol. The van der Waals surface area contributed by atoms with Crippen LogP contribution in [0.25, 0.3) is 0 Å². The second kappa shape index (κ2) is 3.75. The Bertz CT molecular complexity index is 136. The van der Waals surface area contributed by atoms with Crippen molar-refractivity contribution in [1.82, 2.24) is 4.00 Å². The quantitative estimate of drug-likeness (QED) is 0.535. The number of hydrogen-bond acceptors (Lipinski definition) is 1. The van der Waals surface area contributed by atoms with Gasteiger partial charge < -0.3 is 0 Å². The average molecular weight is 224 g/mol. The van der Waals surface area contributed by atoms with Gasteiger partial charge in [0.25, 0.3) is 0 Å². The summed E-state index contributed by atoms with van der Waals surface area (Å²) in [6, 6.07) is 0. The van der Waals surface area contributed by atoms with Gasteiger partial charge in [0.2, 0.25) is 7.51 Å². The van der Waals surface area contributed by atoms with Gasteiger partial charge in [0.1, 0.15) is 0 Å². The molecule has 0 aromatic heterocycles. The van der Waals surface area contributed by atoms with E-state index in [-0.39, 0.29) is 0 Å². The molecule has 0 aliphatic rings. The summed E-state index contributed by atoms with van der Waals surface area (Å²) in [5.74, 6) is 0. The molecule has 11 heavy (non-hydrogen) atoms. The van der Waals surface area contributed by atoms with Crippen LogP contribution in [0.15, 0.2) is 0 Å². The highest BCUT2D eigenvalue weighted by Crippen LogP contribution is 2.26. The van der Waals surface area contributed by atoms with Crippen molar-refractivity contribution in [2.45, 2.75) is 39.3 Å². The second-order valence-electron chi connectivity index (χ2n) is 4.77. The fourth-order valence-electron chi connectivity index (χ4n) is 1.28. The molecule has 0 spiro atoms. The second-order valence-corrected chi connectivity index (χ2v) is 16.9. The van der Waals surface area contributed by atoms with Crippen LogP contribution in [0.3, 0.4) is 0 Å². The van der Waals surface area contributed by atoms with Gasteiger partial charge in [0.05, 0.1) is 0 Å². The van der Waals surface area contributed by atoms with Gasteiger partial charge in [0, 0.05) is 0 Å². The van der Waals surface area contributed by atoms with Crippen molar-refractivity contribution in [1.29, 1.82) is 0 Å². The van der Waals surface area contributed by atoms with Crippen LogP contribution in [-0.2, 0) is 11.8 Å². The Kier molecular flexibility index (Phi) is 4.06. The molecule has 5 heteroatoms. The Morgan fingerprint density at radius 3 is 1.18 bits per heavy atom. The Morgan fingerprint density at radius 2 is 1.18 bits per heavy atom. The standard InChI is InChI=1S/C6H18NPSSi2/c1-10(2,3)7(8-9)11(4,5)6/h1-6H3/p+1. The molecule has 66 valence electrons. The maximum Gasteiger partial charge on any atom is 0.237 e. The van der Waals surface area contributed by atoms with E-state index in [4.69, 9.17) is 11.8 Å². The Balaban J connectivity index is 4.56. The Hall–Kier alpha value is 0.914. The minimum Gasteiger partial charge on any atom is -0.177 e. The highest BCUT2D eigenvalue weighted by Gasteiger charge is 2.38. The van der Waals surface area contributed by atoms with E-state index in [2.05, 4.69) is 43.3 Å².